The van der Waals surface area contributed by atoms with Crippen molar-refractivity contribution >= 4 is 21.6 Å². The van der Waals surface area contributed by atoms with E-state index < -0.39 is 0 Å². The number of nitrogens with zero attached hydrogens (tertiary/aromatic N) is 3. The smallest absolute Gasteiger partial charge is 0.210 e. The van der Waals surface area contributed by atoms with Crippen LogP contribution in [-0.4, -0.2) is 35.5 Å². The Morgan fingerprint density at radius 1 is 1.36 bits per heavy atom. The molecular weight excluding hydrogens is 200 g/mol. The van der Waals surface area contributed by atoms with Crippen molar-refractivity contribution < 1.29 is 4.74 Å². The van der Waals surface area contributed by atoms with Crippen molar-refractivity contribution in [2.24, 2.45) is 0 Å². The van der Waals surface area contributed by atoms with Gasteiger partial charge in [0, 0.05) is 0 Å². The van der Waals surface area contributed by atoms with Gasteiger partial charge in [0.2, 0.25) is 10.3 Å². The number of ether oxygens (including phenoxy) is 1. The highest BCUT2D eigenvalue weighted by Gasteiger charge is 2.27. The Kier molecular flexibility index (Phi) is 2.56. The lowest BCUT2D eigenvalue weighted by Gasteiger charge is -2.38. The van der Waals surface area contributed by atoms with Gasteiger partial charge in [0.25, 0.3) is 0 Å². The van der Waals surface area contributed by atoms with Gasteiger partial charge in [-0.1, -0.05) is 11.3 Å². The summed E-state index contributed by atoms with van der Waals surface area (Å²) in [5, 5.41) is 9.29. The lowest BCUT2D eigenvalue weighted by Crippen LogP contribution is -2.49. The number of hydrogen-bond acceptors (Lipinski definition) is 6. The summed E-state index contributed by atoms with van der Waals surface area (Å²) in [6, 6.07) is 0.678. The highest BCUT2D eigenvalue weighted by atomic mass is 32.1. The first-order valence-electron chi connectivity index (χ1n) is 4.63. The standard InChI is InChI=1S/C8H14N4OS/c1-5-3-13-4-6(2)12(5)8-11-10-7(9)14-8/h5-6H,3-4H2,1-2H3,(H2,9,10)/t5-,6-/m0/s1. The number of morpholine rings is 1. The molecule has 0 spiro atoms. The maximum atomic E-state index is 5.56. The second-order valence-electron chi connectivity index (χ2n) is 3.57. The molecule has 1 fully saturated rings. The average molecular weight is 214 g/mol. The third-order valence-corrected chi connectivity index (χ3v) is 3.08. The van der Waals surface area contributed by atoms with Gasteiger partial charge in [-0.25, -0.2) is 0 Å². The summed E-state index contributed by atoms with van der Waals surface area (Å²) in [5.74, 6) is 0. The highest BCUT2D eigenvalue weighted by Crippen LogP contribution is 2.27. The third-order valence-electron chi connectivity index (χ3n) is 2.32. The third kappa shape index (κ3) is 1.67. The van der Waals surface area contributed by atoms with Crippen molar-refractivity contribution in [2.75, 3.05) is 23.8 Å². The van der Waals surface area contributed by atoms with Crippen molar-refractivity contribution in [1.29, 1.82) is 0 Å². The van der Waals surface area contributed by atoms with Crippen molar-refractivity contribution in [3.63, 3.8) is 0 Å². The Bertz CT molecular complexity index is 306. The number of nitrogens with two attached hydrogens (primary N) is 1. The van der Waals surface area contributed by atoms with Gasteiger partial charge in [-0.3, -0.25) is 0 Å². The van der Waals surface area contributed by atoms with E-state index in [9.17, 15) is 0 Å². The van der Waals surface area contributed by atoms with E-state index >= 15 is 0 Å². The van der Waals surface area contributed by atoms with Crippen LogP contribution in [0, 0.1) is 0 Å². The van der Waals surface area contributed by atoms with Crippen LogP contribution in [0.2, 0.25) is 0 Å². The molecule has 5 nitrogen and oxygen atoms in total. The fraction of sp³-hybridized carbons (Fsp3) is 0.750. The molecule has 0 amide bonds. The van der Waals surface area contributed by atoms with Crippen molar-refractivity contribution in [1.82, 2.24) is 10.2 Å². The SMILES string of the molecule is C[C@H]1COC[C@H](C)N1c1nnc(N)s1. The molecule has 0 unspecified atom stereocenters. The lowest BCUT2D eigenvalue weighted by molar-refractivity contribution is 0.0756. The van der Waals surface area contributed by atoms with E-state index in [-0.39, 0.29) is 0 Å². The first-order valence-corrected chi connectivity index (χ1v) is 5.45. The topological polar surface area (TPSA) is 64.3 Å². The van der Waals surface area contributed by atoms with Crippen molar-refractivity contribution in [2.45, 2.75) is 25.9 Å². The van der Waals surface area contributed by atoms with E-state index in [2.05, 4.69) is 28.9 Å². The van der Waals surface area contributed by atoms with Crippen LogP contribution in [0.25, 0.3) is 0 Å². The molecule has 1 aliphatic rings. The molecule has 2 N–H and O–H groups in total. The van der Waals surface area contributed by atoms with Gasteiger partial charge in [-0.05, 0) is 13.8 Å². The maximum absolute atomic E-state index is 5.56. The van der Waals surface area contributed by atoms with Crippen LogP contribution in [0.3, 0.4) is 0 Å². The minimum absolute atomic E-state index is 0.339. The van der Waals surface area contributed by atoms with Gasteiger partial charge < -0.3 is 15.4 Å². The molecule has 2 atom stereocenters. The summed E-state index contributed by atoms with van der Waals surface area (Å²) in [6.07, 6.45) is 0. The molecule has 14 heavy (non-hydrogen) atoms. The van der Waals surface area contributed by atoms with Gasteiger partial charge in [-0.15, -0.1) is 10.2 Å². The molecule has 78 valence electrons. The Labute approximate surface area is 86.9 Å². The number of aromatic nitrogens is 2. The molecule has 0 saturated carbocycles. The molecule has 0 aliphatic carbocycles. The van der Waals surface area contributed by atoms with E-state index in [1.165, 1.54) is 11.3 Å². The first-order chi connectivity index (χ1) is 6.68. The minimum atomic E-state index is 0.339. The highest BCUT2D eigenvalue weighted by molar-refractivity contribution is 7.18. The number of rotatable bonds is 1. The Morgan fingerprint density at radius 2 is 2.00 bits per heavy atom. The van der Waals surface area contributed by atoms with Crippen molar-refractivity contribution in [3.05, 3.63) is 0 Å². The second-order valence-corrected chi connectivity index (χ2v) is 4.55. The van der Waals surface area contributed by atoms with E-state index in [1.54, 1.807) is 0 Å². The molecule has 0 radical (unpaired) electrons. The molecule has 1 aliphatic heterocycles. The summed E-state index contributed by atoms with van der Waals surface area (Å²) in [4.78, 5) is 2.22. The zero-order chi connectivity index (χ0) is 10.1. The summed E-state index contributed by atoms with van der Waals surface area (Å²) in [6.45, 7) is 5.72. The summed E-state index contributed by atoms with van der Waals surface area (Å²) < 4.78 is 5.44. The van der Waals surface area contributed by atoms with Crippen LogP contribution in [-0.2, 0) is 4.74 Å². The van der Waals surface area contributed by atoms with E-state index in [0.717, 1.165) is 18.3 Å². The van der Waals surface area contributed by atoms with Gasteiger partial charge >= 0.3 is 0 Å². The summed E-state index contributed by atoms with van der Waals surface area (Å²) in [7, 11) is 0. The van der Waals surface area contributed by atoms with Crippen LogP contribution >= 0.6 is 11.3 Å². The van der Waals surface area contributed by atoms with E-state index in [4.69, 9.17) is 10.5 Å². The lowest BCUT2D eigenvalue weighted by atomic mass is 10.2. The fourth-order valence-electron chi connectivity index (χ4n) is 1.71. The van der Waals surface area contributed by atoms with Crippen molar-refractivity contribution in [3.8, 4) is 0 Å². The predicted molar refractivity (Wildman–Crippen MR) is 56.5 cm³/mol. The molecule has 0 bridgehead atoms. The Morgan fingerprint density at radius 3 is 2.50 bits per heavy atom. The summed E-state index contributed by atoms with van der Waals surface area (Å²) in [5.41, 5.74) is 5.56. The van der Waals surface area contributed by atoms with Gasteiger partial charge in [-0.2, -0.15) is 0 Å². The largest absolute Gasteiger partial charge is 0.377 e. The normalized spacial score (nSPS) is 28.0. The van der Waals surface area contributed by atoms with Crippen LogP contribution in [0.1, 0.15) is 13.8 Å². The number of anilines is 2. The quantitative estimate of drug-likeness (QED) is 0.746. The Hall–Kier alpha value is -0.880. The number of hydrogen-bond donors (Lipinski definition) is 1. The molecule has 2 rings (SSSR count). The molecular formula is C8H14N4OS. The Balaban J connectivity index is 2.22. The van der Waals surface area contributed by atoms with Crippen LogP contribution < -0.4 is 10.6 Å². The minimum Gasteiger partial charge on any atom is -0.377 e. The zero-order valence-corrected chi connectivity index (χ0v) is 9.12. The predicted octanol–water partition coefficient (Wildman–Crippen LogP) is 0.734. The van der Waals surface area contributed by atoms with Crippen LogP contribution in [0.15, 0.2) is 0 Å². The van der Waals surface area contributed by atoms with Crippen LogP contribution in [0.4, 0.5) is 10.3 Å². The zero-order valence-electron chi connectivity index (χ0n) is 8.30. The molecule has 1 saturated heterocycles. The van der Waals surface area contributed by atoms with E-state index in [1.807, 2.05) is 0 Å². The van der Waals surface area contributed by atoms with Gasteiger partial charge in [0.1, 0.15) is 0 Å². The molecule has 2 heterocycles. The van der Waals surface area contributed by atoms with Gasteiger partial charge in [0.15, 0.2) is 0 Å². The fourth-order valence-corrected chi connectivity index (χ4v) is 2.53. The molecule has 1 aromatic rings. The molecule has 1 aromatic heterocycles. The van der Waals surface area contributed by atoms with Crippen LogP contribution in [0.5, 0.6) is 0 Å². The molecule has 0 aromatic carbocycles. The second kappa shape index (κ2) is 3.70. The maximum Gasteiger partial charge on any atom is 0.210 e. The van der Waals surface area contributed by atoms with Gasteiger partial charge in [0.05, 0.1) is 25.3 Å². The van der Waals surface area contributed by atoms with E-state index in [0.29, 0.717) is 17.2 Å². The average Bonchev–Trinajstić information content (AvgIpc) is 2.51. The monoisotopic (exact) mass is 214 g/mol. The molecule has 6 heteroatoms. The first kappa shape index (κ1) is 9.67. The number of nitrogen functional groups attached to an aromatic ring is 1. The summed E-state index contributed by atoms with van der Waals surface area (Å²) >= 11 is 1.43.